The Morgan fingerprint density at radius 1 is 1.35 bits per heavy atom. The smallest absolute Gasteiger partial charge is 0.219 e. The molecule has 3 rings (SSSR count). The normalized spacial score (nSPS) is 20.5. The van der Waals surface area contributed by atoms with Crippen molar-refractivity contribution in [3.63, 3.8) is 0 Å². The van der Waals surface area contributed by atoms with Gasteiger partial charge in [-0.3, -0.25) is 9.59 Å². The summed E-state index contributed by atoms with van der Waals surface area (Å²) in [4.78, 5) is 25.5. The molecule has 4 nitrogen and oxygen atoms in total. The highest BCUT2D eigenvalue weighted by Crippen LogP contribution is 2.40. The van der Waals surface area contributed by atoms with Gasteiger partial charge in [0.25, 0.3) is 0 Å². The Morgan fingerprint density at radius 3 is 2.70 bits per heavy atom. The Bertz CT molecular complexity index is 576. The maximum absolute atomic E-state index is 12.3. The lowest BCUT2D eigenvalue weighted by Crippen LogP contribution is -2.51. The Balaban J connectivity index is 1.83. The van der Waals surface area contributed by atoms with E-state index in [-0.39, 0.29) is 11.7 Å². The third kappa shape index (κ3) is 2.35. The van der Waals surface area contributed by atoms with Crippen LogP contribution in [0.1, 0.15) is 36.5 Å². The Hall–Kier alpha value is -1.36. The van der Waals surface area contributed by atoms with Crippen LogP contribution in [0.5, 0.6) is 5.75 Å². The Labute approximate surface area is 126 Å². The van der Waals surface area contributed by atoms with Gasteiger partial charge in [0.1, 0.15) is 11.4 Å². The number of hydrogen-bond acceptors (Lipinski definition) is 3. The first-order valence-corrected chi connectivity index (χ1v) is 7.56. The molecule has 0 aliphatic carbocycles. The molecule has 1 spiro atoms. The lowest BCUT2D eigenvalue weighted by atomic mass is 9.82. The van der Waals surface area contributed by atoms with Crippen LogP contribution in [-0.4, -0.2) is 35.3 Å². The highest BCUT2D eigenvalue weighted by Gasteiger charge is 2.43. The summed E-state index contributed by atoms with van der Waals surface area (Å²) in [5.41, 5.74) is 0.225. The van der Waals surface area contributed by atoms with Gasteiger partial charge >= 0.3 is 0 Å². The van der Waals surface area contributed by atoms with Gasteiger partial charge in [0.15, 0.2) is 5.78 Å². The van der Waals surface area contributed by atoms with Crippen LogP contribution in [-0.2, 0) is 4.79 Å². The first kappa shape index (κ1) is 13.6. The summed E-state index contributed by atoms with van der Waals surface area (Å²) < 4.78 is 7.02. The van der Waals surface area contributed by atoms with E-state index in [1.165, 1.54) is 0 Å². The zero-order valence-electron chi connectivity index (χ0n) is 11.3. The van der Waals surface area contributed by atoms with Crippen molar-refractivity contribution < 1.29 is 14.3 Å². The summed E-state index contributed by atoms with van der Waals surface area (Å²) in [6.07, 6.45) is 1.84. The molecule has 0 unspecified atom stereocenters. The largest absolute Gasteiger partial charge is 0.486 e. The predicted molar refractivity (Wildman–Crippen MR) is 77.9 cm³/mol. The number of halogens is 1. The van der Waals surface area contributed by atoms with Gasteiger partial charge < -0.3 is 9.64 Å². The molecule has 1 aromatic carbocycles. The number of carbonyl (C=O) groups excluding carboxylic acids is 2. The first-order chi connectivity index (χ1) is 9.49. The van der Waals surface area contributed by atoms with Crippen LogP contribution in [0.2, 0.25) is 0 Å². The van der Waals surface area contributed by atoms with Crippen LogP contribution < -0.4 is 4.74 Å². The highest BCUT2D eigenvalue weighted by molar-refractivity contribution is 9.10. The monoisotopic (exact) mass is 337 g/mol. The van der Waals surface area contributed by atoms with E-state index in [1.807, 2.05) is 23.1 Å². The minimum atomic E-state index is -0.427. The number of fused-ring (bicyclic) bond motifs is 1. The second kappa shape index (κ2) is 4.88. The molecule has 0 atom stereocenters. The fourth-order valence-electron chi connectivity index (χ4n) is 2.97. The van der Waals surface area contributed by atoms with E-state index in [2.05, 4.69) is 15.9 Å². The number of likely N-dealkylation sites (tertiary alicyclic amines) is 1. The Kier molecular flexibility index (Phi) is 3.32. The standard InChI is InChI=1S/C15H16BrNO3/c1-10(18)17-6-4-15(5-7-17)9-13(19)12-8-11(16)2-3-14(12)20-15/h2-3,8H,4-7,9H2,1H3. The second-order valence-corrected chi connectivity index (χ2v) is 6.45. The molecular formula is C15H16BrNO3. The van der Waals surface area contributed by atoms with Crippen molar-refractivity contribution in [2.45, 2.75) is 31.8 Å². The summed E-state index contributed by atoms with van der Waals surface area (Å²) in [6.45, 7) is 2.90. The number of piperidine rings is 1. The number of rotatable bonds is 0. The molecule has 0 aromatic heterocycles. The minimum Gasteiger partial charge on any atom is -0.486 e. The average Bonchev–Trinajstić information content (AvgIpc) is 2.40. The molecular weight excluding hydrogens is 322 g/mol. The topological polar surface area (TPSA) is 46.6 Å². The quantitative estimate of drug-likeness (QED) is 0.731. The van der Waals surface area contributed by atoms with Crippen molar-refractivity contribution in [1.29, 1.82) is 0 Å². The van der Waals surface area contributed by atoms with Crippen LogP contribution >= 0.6 is 15.9 Å². The van der Waals surface area contributed by atoms with Crippen LogP contribution in [0, 0.1) is 0 Å². The molecule has 5 heteroatoms. The SMILES string of the molecule is CC(=O)N1CCC2(CC1)CC(=O)c1cc(Br)ccc1O2. The molecule has 2 heterocycles. The third-order valence-electron chi connectivity index (χ3n) is 4.17. The van der Waals surface area contributed by atoms with E-state index in [0.717, 1.165) is 4.47 Å². The molecule has 0 radical (unpaired) electrons. The number of amides is 1. The maximum Gasteiger partial charge on any atom is 0.219 e. The summed E-state index contributed by atoms with van der Waals surface area (Å²) in [6, 6.07) is 5.54. The number of ketones is 1. The molecule has 0 saturated carbocycles. The average molecular weight is 338 g/mol. The lowest BCUT2D eigenvalue weighted by Gasteiger charge is -2.43. The number of ether oxygens (including phenoxy) is 1. The first-order valence-electron chi connectivity index (χ1n) is 6.76. The predicted octanol–water partition coefficient (Wildman–Crippen LogP) is 2.80. The summed E-state index contributed by atoms with van der Waals surface area (Å²) >= 11 is 3.38. The van der Waals surface area contributed by atoms with Gasteiger partial charge in [-0.05, 0) is 18.2 Å². The fraction of sp³-hybridized carbons (Fsp3) is 0.467. The van der Waals surface area contributed by atoms with Crippen molar-refractivity contribution in [1.82, 2.24) is 4.90 Å². The number of nitrogens with zero attached hydrogens (tertiary/aromatic N) is 1. The van der Waals surface area contributed by atoms with Gasteiger partial charge in [-0.1, -0.05) is 15.9 Å². The van der Waals surface area contributed by atoms with Crippen LogP contribution in [0.15, 0.2) is 22.7 Å². The second-order valence-electron chi connectivity index (χ2n) is 5.53. The molecule has 2 aliphatic rings. The zero-order valence-corrected chi connectivity index (χ0v) is 12.9. The number of carbonyl (C=O) groups is 2. The molecule has 1 fully saturated rings. The summed E-state index contributed by atoms with van der Waals surface area (Å²) in [7, 11) is 0. The number of Topliss-reactive ketones (excluding diaryl/α,β-unsaturated/α-hetero) is 1. The van der Waals surface area contributed by atoms with E-state index in [4.69, 9.17) is 4.74 Å². The fourth-order valence-corrected chi connectivity index (χ4v) is 3.34. The van der Waals surface area contributed by atoms with E-state index >= 15 is 0 Å². The van der Waals surface area contributed by atoms with Crippen molar-refractivity contribution in [3.05, 3.63) is 28.2 Å². The van der Waals surface area contributed by atoms with Gasteiger partial charge in [0.2, 0.25) is 5.91 Å². The van der Waals surface area contributed by atoms with Gasteiger partial charge in [0, 0.05) is 37.3 Å². The van der Waals surface area contributed by atoms with E-state index in [9.17, 15) is 9.59 Å². The van der Waals surface area contributed by atoms with Crippen LogP contribution in [0.25, 0.3) is 0 Å². The molecule has 106 valence electrons. The Morgan fingerprint density at radius 2 is 2.05 bits per heavy atom. The van der Waals surface area contributed by atoms with Crippen molar-refractivity contribution in [3.8, 4) is 5.75 Å². The molecule has 20 heavy (non-hydrogen) atoms. The molecule has 2 aliphatic heterocycles. The molecule has 1 saturated heterocycles. The molecule has 1 amide bonds. The molecule has 0 bridgehead atoms. The third-order valence-corrected chi connectivity index (χ3v) is 4.66. The van der Waals surface area contributed by atoms with Crippen LogP contribution in [0.4, 0.5) is 0 Å². The van der Waals surface area contributed by atoms with Gasteiger partial charge in [-0.15, -0.1) is 0 Å². The zero-order chi connectivity index (χ0) is 14.3. The maximum atomic E-state index is 12.3. The summed E-state index contributed by atoms with van der Waals surface area (Å²) in [5, 5.41) is 0. The van der Waals surface area contributed by atoms with E-state index in [1.54, 1.807) is 6.92 Å². The number of hydrogen-bond donors (Lipinski definition) is 0. The van der Waals surface area contributed by atoms with Gasteiger partial charge in [0.05, 0.1) is 12.0 Å². The van der Waals surface area contributed by atoms with E-state index < -0.39 is 5.60 Å². The minimum absolute atomic E-state index is 0.0892. The van der Waals surface area contributed by atoms with Gasteiger partial charge in [-0.2, -0.15) is 0 Å². The van der Waals surface area contributed by atoms with E-state index in [0.29, 0.717) is 43.7 Å². The lowest BCUT2D eigenvalue weighted by molar-refractivity contribution is -0.132. The van der Waals surface area contributed by atoms with Gasteiger partial charge in [-0.25, -0.2) is 0 Å². The molecule has 0 N–H and O–H groups in total. The van der Waals surface area contributed by atoms with Crippen molar-refractivity contribution in [2.75, 3.05) is 13.1 Å². The summed E-state index contributed by atoms with van der Waals surface area (Å²) in [5.74, 6) is 0.885. The highest BCUT2D eigenvalue weighted by atomic mass is 79.9. The van der Waals surface area contributed by atoms with Crippen LogP contribution in [0.3, 0.4) is 0 Å². The molecule has 1 aromatic rings. The van der Waals surface area contributed by atoms with Crippen molar-refractivity contribution in [2.24, 2.45) is 0 Å². The number of benzene rings is 1. The van der Waals surface area contributed by atoms with Crippen molar-refractivity contribution >= 4 is 27.6 Å².